The first-order chi connectivity index (χ1) is 12.2. The van der Waals surface area contributed by atoms with Gasteiger partial charge in [-0.15, -0.1) is 24.8 Å². The summed E-state index contributed by atoms with van der Waals surface area (Å²) in [5.74, 6) is 1.06. The average Bonchev–Trinajstić information content (AvgIpc) is 2.68. The normalized spacial score (nSPS) is 21.4. The summed E-state index contributed by atoms with van der Waals surface area (Å²) in [6.07, 6.45) is 3.78. The fourth-order valence-corrected chi connectivity index (χ4v) is 3.72. The Kier molecular flexibility index (Phi) is 10.2. The molecular weight excluding hydrogens is 389 g/mol. The zero-order chi connectivity index (χ0) is 17.6. The first kappa shape index (κ1) is 23.8. The third-order valence-corrected chi connectivity index (χ3v) is 5.26. The van der Waals surface area contributed by atoms with Crippen LogP contribution in [0.1, 0.15) is 25.7 Å². The molecule has 2 unspecified atom stereocenters. The predicted octanol–water partition coefficient (Wildman–Crippen LogP) is 2.38. The number of hydrogen-bond donors (Lipinski definition) is 2. The molecule has 1 aromatic carbocycles. The first-order valence-corrected chi connectivity index (χ1v) is 9.20. The number of hydrogen-bond acceptors (Lipinski definition) is 5. The molecule has 0 aliphatic carbocycles. The van der Waals surface area contributed by atoms with Gasteiger partial charge in [0.1, 0.15) is 5.75 Å². The van der Waals surface area contributed by atoms with Gasteiger partial charge in [-0.25, -0.2) is 0 Å². The Morgan fingerprint density at radius 1 is 1.30 bits per heavy atom. The number of anilines is 1. The number of carbonyl (C=O) groups is 1. The van der Waals surface area contributed by atoms with Crippen LogP contribution in [-0.4, -0.2) is 51.4 Å². The largest absolute Gasteiger partial charge is 0.497 e. The van der Waals surface area contributed by atoms with Gasteiger partial charge in [-0.05, 0) is 43.7 Å². The van der Waals surface area contributed by atoms with Crippen LogP contribution in [0.15, 0.2) is 24.3 Å². The molecule has 2 heterocycles. The highest BCUT2D eigenvalue weighted by Gasteiger charge is 2.29. The number of ether oxygens (including phenoxy) is 2. The molecule has 2 aliphatic rings. The molecule has 1 aromatic rings. The Morgan fingerprint density at radius 3 is 2.74 bits per heavy atom. The lowest BCUT2D eigenvalue weighted by Crippen LogP contribution is -2.54. The molecule has 3 rings (SSSR count). The van der Waals surface area contributed by atoms with Crippen molar-refractivity contribution >= 4 is 36.4 Å². The third-order valence-electron chi connectivity index (χ3n) is 5.26. The minimum absolute atomic E-state index is 0. The van der Waals surface area contributed by atoms with E-state index in [0.29, 0.717) is 13.2 Å². The van der Waals surface area contributed by atoms with E-state index in [4.69, 9.17) is 15.2 Å². The Balaban J connectivity index is 0.00000182. The van der Waals surface area contributed by atoms with Crippen LogP contribution in [0.5, 0.6) is 5.75 Å². The van der Waals surface area contributed by atoms with Crippen LogP contribution in [0.2, 0.25) is 0 Å². The number of rotatable bonds is 5. The second-order valence-electron chi connectivity index (χ2n) is 6.97. The summed E-state index contributed by atoms with van der Waals surface area (Å²) in [6, 6.07) is 7.77. The number of benzene rings is 1. The van der Waals surface area contributed by atoms with Gasteiger partial charge in [0.05, 0.1) is 13.2 Å². The number of carbonyl (C=O) groups excluding carboxylic acids is 1. The summed E-state index contributed by atoms with van der Waals surface area (Å²) in [5, 5.41) is 3.17. The van der Waals surface area contributed by atoms with E-state index in [9.17, 15) is 4.79 Å². The average molecular weight is 420 g/mol. The van der Waals surface area contributed by atoms with Crippen molar-refractivity contribution in [1.29, 1.82) is 0 Å². The zero-order valence-electron chi connectivity index (χ0n) is 15.8. The fourth-order valence-electron chi connectivity index (χ4n) is 3.72. The van der Waals surface area contributed by atoms with Crippen molar-refractivity contribution in [2.75, 3.05) is 38.3 Å². The number of nitrogens with zero attached hydrogens (tertiary/aromatic N) is 1. The molecule has 2 saturated heterocycles. The van der Waals surface area contributed by atoms with Gasteiger partial charge in [-0.1, -0.05) is 6.07 Å². The Morgan fingerprint density at radius 2 is 2.04 bits per heavy atom. The molecule has 0 saturated carbocycles. The van der Waals surface area contributed by atoms with Crippen molar-refractivity contribution in [3.05, 3.63) is 24.3 Å². The molecule has 0 spiro atoms. The summed E-state index contributed by atoms with van der Waals surface area (Å²) in [4.78, 5) is 14.8. The number of halogens is 2. The third kappa shape index (κ3) is 6.42. The maximum absolute atomic E-state index is 12.5. The van der Waals surface area contributed by atoms with Gasteiger partial charge in [-0.3, -0.25) is 4.79 Å². The predicted molar refractivity (Wildman–Crippen MR) is 112 cm³/mol. The highest BCUT2D eigenvalue weighted by molar-refractivity contribution is 5.85. The van der Waals surface area contributed by atoms with Crippen molar-refractivity contribution < 1.29 is 14.3 Å². The zero-order valence-corrected chi connectivity index (χ0v) is 17.4. The van der Waals surface area contributed by atoms with Gasteiger partial charge in [0.2, 0.25) is 5.91 Å². The maximum atomic E-state index is 12.5. The highest BCUT2D eigenvalue weighted by atomic mass is 35.5. The van der Waals surface area contributed by atoms with E-state index in [1.165, 1.54) is 0 Å². The second kappa shape index (κ2) is 11.6. The molecular formula is C19H31Cl2N3O3. The lowest BCUT2D eigenvalue weighted by molar-refractivity contribution is -0.125. The molecule has 2 fully saturated rings. The van der Waals surface area contributed by atoms with Crippen molar-refractivity contribution in [2.24, 2.45) is 11.7 Å². The van der Waals surface area contributed by atoms with Crippen molar-refractivity contribution in [1.82, 2.24) is 5.32 Å². The van der Waals surface area contributed by atoms with Crippen LogP contribution in [0.4, 0.5) is 5.69 Å². The lowest BCUT2D eigenvalue weighted by atomic mass is 9.91. The van der Waals surface area contributed by atoms with Crippen molar-refractivity contribution in [2.45, 2.75) is 37.8 Å². The maximum Gasteiger partial charge on any atom is 0.237 e. The molecule has 2 atom stereocenters. The minimum Gasteiger partial charge on any atom is -0.497 e. The van der Waals surface area contributed by atoms with E-state index in [0.717, 1.165) is 50.2 Å². The van der Waals surface area contributed by atoms with Crippen molar-refractivity contribution in [3.8, 4) is 5.75 Å². The van der Waals surface area contributed by atoms with E-state index in [-0.39, 0.29) is 42.7 Å². The molecule has 8 heteroatoms. The summed E-state index contributed by atoms with van der Waals surface area (Å²) in [5.41, 5.74) is 7.33. The smallest absolute Gasteiger partial charge is 0.237 e. The van der Waals surface area contributed by atoms with Gasteiger partial charge in [0.15, 0.2) is 0 Å². The molecule has 0 bridgehead atoms. The molecule has 154 valence electrons. The van der Waals surface area contributed by atoms with Gasteiger partial charge in [-0.2, -0.15) is 0 Å². The van der Waals surface area contributed by atoms with Crippen LogP contribution in [0.25, 0.3) is 0 Å². The van der Waals surface area contributed by atoms with E-state index in [1.807, 2.05) is 18.2 Å². The molecule has 1 amide bonds. The summed E-state index contributed by atoms with van der Waals surface area (Å²) < 4.78 is 10.7. The first-order valence-electron chi connectivity index (χ1n) is 9.20. The van der Waals surface area contributed by atoms with E-state index in [1.54, 1.807) is 7.11 Å². The Bertz CT molecular complexity index is 585. The number of nitrogens with one attached hydrogen (secondary N) is 1. The summed E-state index contributed by atoms with van der Waals surface area (Å²) in [7, 11) is 1.68. The van der Waals surface area contributed by atoms with Gasteiger partial charge in [0.25, 0.3) is 0 Å². The van der Waals surface area contributed by atoms with Crippen LogP contribution < -0.4 is 20.7 Å². The van der Waals surface area contributed by atoms with Crippen LogP contribution in [-0.2, 0) is 9.53 Å². The Hall–Kier alpha value is -1.21. The second-order valence-corrected chi connectivity index (χ2v) is 6.97. The monoisotopic (exact) mass is 419 g/mol. The minimum atomic E-state index is -0.434. The van der Waals surface area contributed by atoms with E-state index in [2.05, 4.69) is 16.3 Å². The van der Waals surface area contributed by atoms with Crippen molar-refractivity contribution in [3.63, 3.8) is 0 Å². The van der Waals surface area contributed by atoms with Crippen LogP contribution >= 0.6 is 24.8 Å². The fraction of sp³-hybridized carbons (Fsp3) is 0.632. The standard InChI is InChI=1S/C19H29N3O3.2ClH/c1-24-17-6-2-5-16(12-17)22-9-3-4-15(13-22)21-19(23)18(20)14-7-10-25-11-8-14;;/h2,5-6,12,14-15,18H,3-4,7-11,13,20H2,1H3,(H,21,23);2*1H. The van der Waals surface area contributed by atoms with Gasteiger partial charge < -0.3 is 25.4 Å². The number of methoxy groups -OCH3 is 1. The molecule has 0 radical (unpaired) electrons. The topological polar surface area (TPSA) is 76.8 Å². The quantitative estimate of drug-likeness (QED) is 0.765. The van der Waals surface area contributed by atoms with Crippen LogP contribution in [0.3, 0.4) is 0 Å². The SMILES string of the molecule is COc1cccc(N2CCCC(NC(=O)C(N)C3CCOCC3)C2)c1.Cl.Cl. The van der Waals surface area contributed by atoms with E-state index < -0.39 is 6.04 Å². The summed E-state index contributed by atoms with van der Waals surface area (Å²) >= 11 is 0. The highest BCUT2D eigenvalue weighted by Crippen LogP contribution is 2.24. The molecule has 27 heavy (non-hydrogen) atoms. The van der Waals surface area contributed by atoms with Crippen LogP contribution in [0, 0.1) is 5.92 Å². The molecule has 3 N–H and O–H groups in total. The van der Waals surface area contributed by atoms with Gasteiger partial charge >= 0.3 is 0 Å². The number of nitrogens with two attached hydrogens (primary N) is 1. The van der Waals surface area contributed by atoms with Gasteiger partial charge in [0, 0.05) is 44.1 Å². The lowest BCUT2D eigenvalue weighted by Gasteiger charge is -2.36. The molecule has 6 nitrogen and oxygen atoms in total. The molecule has 2 aliphatic heterocycles. The molecule has 0 aromatic heterocycles. The number of piperidine rings is 1. The summed E-state index contributed by atoms with van der Waals surface area (Å²) in [6.45, 7) is 3.21. The number of amides is 1. The van der Waals surface area contributed by atoms with E-state index >= 15 is 0 Å². The Labute approximate surface area is 174 Å².